The van der Waals surface area contributed by atoms with Gasteiger partial charge in [-0.05, 0) is 70.7 Å². The summed E-state index contributed by atoms with van der Waals surface area (Å²) in [5.74, 6) is -0.980. The highest BCUT2D eigenvalue weighted by Gasteiger charge is 2.50. The largest absolute Gasteiger partial charge is 0.461 e. The molecule has 55 heavy (non-hydrogen) atoms. The number of nitriles is 1. The molecule has 2 bridgehead atoms. The lowest BCUT2D eigenvalue weighted by molar-refractivity contribution is 0.0122. The van der Waals surface area contributed by atoms with Gasteiger partial charge in [0.05, 0.1) is 39.2 Å². The first-order valence-corrected chi connectivity index (χ1v) is 19.7. The Morgan fingerprint density at radius 1 is 1.20 bits per heavy atom. The maximum absolute atomic E-state index is 17.4. The van der Waals surface area contributed by atoms with Crippen molar-refractivity contribution in [2.24, 2.45) is 4.99 Å². The number of thiophene rings is 1. The number of piperazine rings is 1. The number of rotatable bonds is 7. The molecule has 4 saturated heterocycles. The van der Waals surface area contributed by atoms with Crippen LogP contribution >= 0.6 is 22.9 Å². The van der Waals surface area contributed by atoms with Crippen LogP contribution in [0.5, 0.6) is 6.01 Å². The molecule has 4 aromatic rings. The highest BCUT2D eigenvalue weighted by molar-refractivity contribution is 7.23. The number of hydrogen-bond donors (Lipinski definition) is 0. The van der Waals surface area contributed by atoms with Crippen molar-refractivity contribution in [2.75, 3.05) is 51.8 Å². The molecule has 2 unspecified atom stereocenters. The summed E-state index contributed by atoms with van der Waals surface area (Å²) < 4.78 is 59.6. The zero-order valence-electron chi connectivity index (χ0n) is 31.3. The van der Waals surface area contributed by atoms with Gasteiger partial charge in [0.25, 0.3) is 0 Å². The first-order valence-electron chi connectivity index (χ1n) is 18.5. The molecule has 4 atom stereocenters. The average Bonchev–Trinajstić information content (AvgIpc) is 3.84. The van der Waals surface area contributed by atoms with Gasteiger partial charge >= 0.3 is 12.1 Å². The van der Waals surface area contributed by atoms with E-state index >= 15 is 8.78 Å². The fourth-order valence-corrected chi connectivity index (χ4v) is 10.1. The van der Waals surface area contributed by atoms with E-state index in [2.05, 4.69) is 20.9 Å². The SMILES string of the molecule is CN(C)C=Nc1sc2c(F)ccc(-c3c(Cl)cc4c(N5CC6CCC(C5)N6C(=O)OC(C)(C)C)nc(OC[C@@]56CCCN5C[C@H](F)C6)nc4c3F)c2c1C#N. The van der Waals surface area contributed by atoms with Gasteiger partial charge in [-0.25, -0.2) is 23.0 Å². The highest BCUT2D eigenvalue weighted by Crippen LogP contribution is 2.48. The van der Waals surface area contributed by atoms with Crippen molar-refractivity contribution >= 4 is 67.2 Å². The lowest BCUT2D eigenvalue weighted by Gasteiger charge is -2.42. The van der Waals surface area contributed by atoms with E-state index in [0.717, 1.165) is 43.6 Å². The Balaban J connectivity index is 1.25. The summed E-state index contributed by atoms with van der Waals surface area (Å²) in [6.07, 6.45) is 3.72. The molecule has 0 saturated carbocycles. The van der Waals surface area contributed by atoms with Crippen LogP contribution in [0.25, 0.3) is 32.1 Å². The van der Waals surface area contributed by atoms with Gasteiger partial charge in [-0.2, -0.15) is 15.2 Å². The van der Waals surface area contributed by atoms with E-state index in [-0.39, 0.29) is 73.1 Å². The Labute approximate surface area is 326 Å². The number of carbonyl (C=O) groups is 1. The lowest BCUT2D eigenvalue weighted by Crippen LogP contribution is -2.57. The second-order valence-electron chi connectivity index (χ2n) is 16.2. The van der Waals surface area contributed by atoms with Gasteiger partial charge in [-0.3, -0.25) is 9.80 Å². The smallest absolute Gasteiger partial charge is 0.410 e. The van der Waals surface area contributed by atoms with E-state index < -0.39 is 28.9 Å². The van der Waals surface area contributed by atoms with E-state index in [0.29, 0.717) is 37.3 Å². The minimum Gasteiger partial charge on any atom is -0.461 e. The number of anilines is 1. The molecule has 8 rings (SSSR count). The standard InChI is InChI=1S/C39H42ClF3N8O3S/c1-38(2,3)54-37(52)51-22-7-8-23(51)18-49(17-22)34-25-13-27(40)30(24-9-10-28(42)33-29(24)26(15-44)35(55-33)45-20-48(4)5)31(43)32(25)46-36(47-34)53-19-39-11-6-12-50(39)16-21(41)14-39/h9-10,13,20-23H,6-8,11-12,14,16-19H2,1-5H3/t21-,22?,23?,39+/m1/s1. The number of hydrogen-bond acceptors (Lipinski definition) is 10. The maximum Gasteiger partial charge on any atom is 0.410 e. The molecule has 4 aliphatic heterocycles. The van der Waals surface area contributed by atoms with Gasteiger partial charge in [-0.1, -0.05) is 17.7 Å². The molecule has 4 aliphatic rings. The van der Waals surface area contributed by atoms with Gasteiger partial charge in [-0.15, -0.1) is 11.3 Å². The van der Waals surface area contributed by atoms with Crippen LogP contribution in [-0.4, -0.2) is 113 Å². The van der Waals surface area contributed by atoms with E-state index in [1.165, 1.54) is 18.5 Å². The van der Waals surface area contributed by atoms with Gasteiger partial charge in [0.2, 0.25) is 0 Å². The van der Waals surface area contributed by atoms with Crippen molar-refractivity contribution in [3.8, 4) is 23.2 Å². The number of nitrogens with zero attached hydrogens (tertiary/aromatic N) is 8. The summed E-state index contributed by atoms with van der Waals surface area (Å²) >= 11 is 7.98. The second-order valence-corrected chi connectivity index (χ2v) is 17.6. The molecule has 16 heteroatoms. The van der Waals surface area contributed by atoms with Crippen LogP contribution < -0.4 is 9.64 Å². The van der Waals surface area contributed by atoms with E-state index in [1.807, 2.05) is 25.7 Å². The number of fused-ring (bicyclic) bond motifs is 5. The van der Waals surface area contributed by atoms with Crippen molar-refractivity contribution < 1.29 is 27.4 Å². The first-order chi connectivity index (χ1) is 26.2. The van der Waals surface area contributed by atoms with Crippen molar-refractivity contribution in [2.45, 2.75) is 82.3 Å². The number of benzene rings is 2. The van der Waals surface area contributed by atoms with Crippen LogP contribution in [0.4, 0.5) is 28.8 Å². The Morgan fingerprint density at radius 2 is 1.95 bits per heavy atom. The van der Waals surface area contributed by atoms with Gasteiger partial charge in [0.15, 0.2) is 5.82 Å². The Hall–Kier alpha value is -4.39. The molecule has 0 spiro atoms. The van der Waals surface area contributed by atoms with Crippen LogP contribution in [-0.2, 0) is 4.74 Å². The average molecular weight is 795 g/mol. The highest BCUT2D eigenvalue weighted by atomic mass is 35.5. The number of halogens is 4. The zero-order chi connectivity index (χ0) is 39.0. The maximum atomic E-state index is 17.4. The van der Waals surface area contributed by atoms with E-state index in [4.69, 9.17) is 26.1 Å². The van der Waals surface area contributed by atoms with Gasteiger partial charge in [0, 0.05) is 56.5 Å². The molecule has 1 amide bonds. The molecule has 4 fully saturated rings. The fraction of sp³-hybridized carbons (Fsp3) is 0.513. The molecular weight excluding hydrogens is 753 g/mol. The van der Waals surface area contributed by atoms with Crippen LogP contribution in [0.2, 0.25) is 5.02 Å². The van der Waals surface area contributed by atoms with Crippen molar-refractivity contribution in [1.29, 1.82) is 5.26 Å². The quantitative estimate of drug-likeness (QED) is 0.136. The van der Waals surface area contributed by atoms with Crippen molar-refractivity contribution in [1.82, 2.24) is 24.7 Å². The summed E-state index contributed by atoms with van der Waals surface area (Å²) in [5.41, 5.74) is -0.978. The normalized spacial score (nSPS) is 24.0. The van der Waals surface area contributed by atoms with Crippen LogP contribution in [0.15, 0.2) is 23.2 Å². The first kappa shape index (κ1) is 37.5. The third-order valence-corrected chi connectivity index (χ3v) is 12.4. The second kappa shape index (κ2) is 14.0. The summed E-state index contributed by atoms with van der Waals surface area (Å²) in [5, 5.41) is 11.1. The molecule has 0 radical (unpaired) electrons. The third kappa shape index (κ3) is 6.69. The van der Waals surface area contributed by atoms with Crippen LogP contribution in [0.1, 0.15) is 58.4 Å². The number of aliphatic imine (C=N–C) groups is 1. The van der Waals surface area contributed by atoms with Gasteiger partial charge < -0.3 is 19.3 Å². The summed E-state index contributed by atoms with van der Waals surface area (Å²) in [6.45, 7) is 7.56. The van der Waals surface area contributed by atoms with Crippen LogP contribution in [0, 0.1) is 23.0 Å². The van der Waals surface area contributed by atoms with Gasteiger partial charge in [0.1, 0.15) is 46.6 Å². The topological polar surface area (TPSA) is 110 Å². The molecule has 0 N–H and O–H groups in total. The fourth-order valence-electron chi connectivity index (χ4n) is 8.78. The zero-order valence-corrected chi connectivity index (χ0v) is 32.9. The predicted octanol–water partition coefficient (Wildman–Crippen LogP) is 8.08. The minimum atomic E-state index is -0.965. The monoisotopic (exact) mass is 794 g/mol. The van der Waals surface area contributed by atoms with Crippen LogP contribution in [0.3, 0.4) is 0 Å². The molecule has 6 heterocycles. The number of carbonyl (C=O) groups excluding carboxylic acids is 1. The van der Waals surface area contributed by atoms with E-state index in [1.54, 1.807) is 30.0 Å². The van der Waals surface area contributed by atoms with Crippen molar-refractivity contribution in [3.05, 3.63) is 40.4 Å². The number of alkyl halides is 1. The molecule has 2 aromatic carbocycles. The molecular formula is C39H42ClF3N8O3S. The van der Waals surface area contributed by atoms with E-state index in [9.17, 15) is 14.4 Å². The number of aromatic nitrogens is 2. The minimum absolute atomic E-state index is 0.0145. The predicted molar refractivity (Wildman–Crippen MR) is 207 cm³/mol. The Morgan fingerprint density at radius 3 is 2.64 bits per heavy atom. The number of ether oxygens (including phenoxy) is 2. The Kier molecular flexibility index (Phi) is 9.53. The van der Waals surface area contributed by atoms with Crippen molar-refractivity contribution in [3.63, 3.8) is 0 Å². The number of amides is 1. The molecule has 2 aromatic heterocycles. The summed E-state index contributed by atoms with van der Waals surface area (Å²) in [7, 11) is 3.54. The molecule has 290 valence electrons. The summed E-state index contributed by atoms with van der Waals surface area (Å²) in [6, 6.07) is 5.96. The summed E-state index contributed by atoms with van der Waals surface area (Å²) in [4.78, 5) is 34.8. The lowest BCUT2D eigenvalue weighted by atomic mass is 9.95. The molecule has 0 aliphatic carbocycles. The Bertz CT molecular complexity index is 2260. The molecule has 11 nitrogen and oxygen atoms in total. The third-order valence-electron chi connectivity index (χ3n) is 11.0.